The number of methoxy groups -OCH3 is 3. The fourth-order valence-electron chi connectivity index (χ4n) is 1.32. The Kier molecular flexibility index (Phi) is 3.89. The van der Waals surface area contributed by atoms with Crippen molar-refractivity contribution in [2.45, 2.75) is 4.90 Å². The van der Waals surface area contributed by atoms with Gasteiger partial charge in [0.1, 0.15) is 5.56 Å². The third kappa shape index (κ3) is 2.01. The molecule has 1 rings (SSSR count). The van der Waals surface area contributed by atoms with Crippen molar-refractivity contribution in [1.29, 1.82) is 0 Å². The molecule has 0 amide bonds. The average Bonchev–Trinajstić information content (AvgIpc) is 2.27. The van der Waals surface area contributed by atoms with Gasteiger partial charge in [-0.2, -0.15) is 0 Å². The molecule has 1 aromatic carbocycles. The lowest BCUT2D eigenvalue weighted by Crippen LogP contribution is -2.04. The maximum absolute atomic E-state index is 11.0. The maximum atomic E-state index is 11.0. The number of carboxylic acids is 1. The third-order valence-corrected chi connectivity index (χ3v) is 2.44. The van der Waals surface area contributed by atoms with Crippen LogP contribution < -0.4 is 14.2 Å². The van der Waals surface area contributed by atoms with Gasteiger partial charge in [0.2, 0.25) is 0 Å². The van der Waals surface area contributed by atoms with Gasteiger partial charge in [-0.05, 0) is 0 Å². The molecule has 1 N–H and O–H groups in total. The van der Waals surface area contributed by atoms with Crippen LogP contribution in [0.4, 0.5) is 0 Å². The summed E-state index contributed by atoms with van der Waals surface area (Å²) in [7, 11) is 4.23. The van der Waals surface area contributed by atoms with Crippen LogP contribution >= 0.6 is 12.6 Å². The van der Waals surface area contributed by atoms with E-state index in [1.807, 2.05) is 0 Å². The zero-order valence-corrected chi connectivity index (χ0v) is 10.00. The van der Waals surface area contributed by atoms with Crippen LogP contribution in [0.5, 0.6) is 17.2 Å². The van der Waals surface area contributed by atoms with Crippen LogP contribution in [-0.2, 0) is 0 Å². The molecule has 0 radical (unpaired) electrons. The Morgan fingerprint density at radius 3 is 2.12 bits per heavy atom. The lowest BCUT2D eigenvalue weighted by molar-refractivity contribution is 0.0692. The quantitative estimate of drug-likeness (QED) is 0.789. The number of hydrogen-bond donors (Lipinski definition) is 2. The Morgan fingerprint density at radius 2 is 1.75 bits per heavy atom. The highest BCUT2D eigenvalue weighted by Crippen LogP contribution is 2.42. The molecule has 0 aliphatic rings. The molecule has 88 valence electrons. The zero-order chi connectivity index (χ0) is 12.3. The number of carboxylic acid groups (broad SMARTS) is 1. The molecule has 0 aliphatic carbocycles. The molecule has 1 aromatic rings. The lowest BCUT2D eigenvalue weighted by Gasteiger charge is -2.15. The molecule has 0 saturated carbocycles. The van der Waals surface area contributed by atoms with Gasteiger partial charge < -0.3 is 19.3 Å². The first-order valence-corrected chi connectivity index (χ1v) is 4.76. The molecule has 6 heteroatoms. The normalized spacial score (nSPS) is 9.75. The van der Waals surface area contributed by atoms with Gasteiger partial charge in [-0.15, -0.1) is 12.6 Å². The molecule has 16 heavy (non-hydrogen) atoms. The van der Waals surface area contributed by atoms with Crippen molar-refractivity contribution in [3.05, 3.63) is 11.6 Å². The highest BCUT2D eigenvalue weighted by Gasteiger charge is 2.21. The molecule has 0 atom stereocenters. The van der Waals surface area contributed by atoms with Crippen LogP contribution in [0.25, 0.3) is 0 Å². The Morgan fingerprint density at radius 1 is 1.19 bits per heavy atom. The second kappa shape index (κ2) is 4.98. The molecule has 5 nitrogen and oxygen atoms in total. The first-order chi connectivity index (χ1) is 7.56. The Labute approximate surface area is 98.3 Å². The topological polar surface area (TPSA) is 65.0 Å². The van der Waals surface area contributed by atoms with E-state index in [9.17, 15) is 4.79 Å². The Balaban J connectivity index is 3.54. The van der Waals surface area contributed by atoms with E-state index in [0.29, 0.717) is 16.4 Å². The number of hydrogen-bond acceptors (Lipinski definition) is 5. The predicted molar refractivity (Wildman–Crippen MR) is 60.3 cm³/mol. The van der Waals surface area contributed by atoms with E-state index in [0.717, 1.165) is 0 Å². The lowest BCUT2D eigenvalue weighted by atomic mass is 10.1. The van der Waals surface area contributed by atoms with Gasteiger partial charge in [0.05, 0.1) is 26.2 Å². The van der Waals surface area contributed by atoms with Crippen molar-refractivity contribution in [3.63, 3.8) is 0 Å². The van der Waals surface area contributed by atoms with E-state index >= 15 is 0 Å². The van der Waals surface area contributed by atoms with Crippen molar-refractivity contribution in [3.8, 4) is 17.2 Å². The number of rotatable bonds is 4. The summed E-state index contributed by atoms with van der Waals surface area (Å²) >= 11 is 4.17. The third-order valence-electron chi connectivity index (χ3n) is 2.03. The van der Waals surface area contributed by atoms with E-state index in [4.69, 9.17) is 19.3 Å². The molecule has 0 fully saturated rings. The summed E-state index contributed by atoms with van der Waals surface area (Å²) < 4.78 is 15.1. The van der Waals surface area contributed by atoms with Crippen LogP contribution in [0, 0.1) is 0 Å². The highest BCUT2D eigenvalue weighted by atomic mass is 32.1. The maximum Gasteiger partial charge on any atom is 0.339 e. The first kappa shape index (κ1) is 12.5. The summed E-state index contributed by atoms with van der Waals surface area (Å²) in [6.07, 6.45) is 0. The van der Waals surface area contributed by atoms with Gasteiger partial charge in [-0.25, -0.2) is 4.79 Å². The molecule has 0 spiro atoms. The Hall–Kier alpha value is -1.56. The van der Waals surface area contributed by atoms with Crippen LogP contribution in [-0.4, -0.2) is 32.4 Å². The molecule has 0 aliphatic heterocycles. The largest absolute Gasteiger partial charge is 0.495 e. The predicted octanol–water partition coefficient (Wildman–Crippen LogP) is 1.70. The van der Waals surface area contributed by atoms with Crippen LogP contribution in [0.15, 0.2) is 11.0 Å². The van der Waals surface area contributed by atoms with E-state index in [1.165, 1.54) is 27.4 Å². The number of carbonyl (C=O) groups is 1. The highest BCUT2D eigenvalue weighted by molar-refractivity contribution is 7.80. The van der Waals surface area contributed by atoms with Crippen LogP contribution in [0.1, 0.15) is 10.4 Å². The minimum Gasteiger partial charge on any atom is -0.495 e. The SMILES string of the molecule is COc1cc(C(=O)O)c(OC)c(S)c1OC. The summed E-state index contributed by atoms with van der Waals surface area (Å²) in [4.78, 5) is 11.3. The summed E-state index contributed by atoms with van der Waals surface area (Å²) in [5.41, 5.74) is -0.0230. The van der Waals surface area contributed by atoms with Crippen molar-refractivity contribution >= 4 is 18.6 Å². The van der Waals surface area contributed by atoms with Gasteiger partial charge in [0, 0.05) is 6.07 Å². The summed E-state index contributed by atoms with van der Waals surface area (Å²) in [5, 5.41) is 8.99. The fraction of sp³-hybridized carbons (Fsp3) is 0.300. The minimum absolute atomic E-state index is 0.0230. The molecular formula is C10H12O5S. The molecular weight excluding hydrogens is 232 g/mol. The van der Waals surface area contributed by atoms with Crippen molar-refractivity contribution < 1.29 is 24.1 Å². The second-order valence-corrected chi connectivity index (χ2v) is 3.29. The van der Waals surface area contributed by atoms with Gasteiger partial charge in [0.25, 0.3) is 0 Å². The molecule has 0 unspecified atom stereocenters. The first-order valence-electron chi connectivity index (χ1n) is 4.32. The zero-order valence-electron chi connectivity index (χ0n) is 9.10. The van der Waals surface area contributed by atoms with E-state index in [1.54, 1.807) is 0 Å². The summed E-state index contributed by atoms with van der Waals surface area (Å²) in [5.74, 6) is -0.333. The van der Waals surface area contributed by atoms with Gasteiger partial charge in [0.15, 0.2) is 17.2 Å². The van der Waals surface area contributed by atoms with E-state index in [2.05, 4.69) is 12.6 Å². The molecule has 0 heterocycles. The molecule has 0 aromatic heterocycles. The second-order valence-electron chi connectivity index (χ2n) is 2.85. The van der Waals surface area contributed by atoms with Crippen molar-refractivity contribution in [1.82, 2.24) is 0 Å². The number of aromatic carboxylic acids is 1. The fourth-order valence-corrected chi connectivity index (χ4v) is 1.74. The minimum atomic E-state index is -1.12. The number of benzene rings is 1. The standard InChI is InChI=1S/C10H12O5S/c1-13-6-4-5(10(11)12)7(14-2)9(16)8(6)15-3/h4,16H,1-3H3,(H,11,12). The van der Waals surface area contributed by atoms with E-state index in [-0.39, 0.29) is 11.3 Å². The van der Waals surface area contributed by atoms with Gasteiger partial charge in [-0.1, -0.05) is 0 Å². The number of thiol groups is 1. The summed E-state index contributed by atoms with van der Waals surface area (Å²) in [6, 6.07) is 1.33. The van der Waals surface area contributed by atoms with E-state index < -0.39 is 5.97 Å². The van der Waals surface area contributed by atoms with Crippen LogP contribution in [0.2, 0.25) is 0 Å². The monoisotopic (exact) mass is 244 g/mol. The number of ether oxygens (including phenoxy) is 3. The van der Waals surface area contributed by atoms with Crippen LogP contribution in [0.3, 0.4) is 0 Å². The Bertz CT molecular complexity index is 416. The smallest absolute Gasteiger partial charge is 0.339 e. The average molecular weight is 244 g/mol. The van der Waals surface area contributed by atoms with Crippen molar-refractivity contribution in [2.24, 2.45) is 0 Å². The molecule has 0 bridgehead atoms. The summed E-state index contributed by atoms with van der Waals surface area (Å²) in [6.45, 7) is 0. The van der Waals surface area contributed by atoms with Gasteiger partial charge in [-0.3, -0.25) is 0 Å². The van der Waals surface area contributed by atoms with Crippen molar-refractivity contribution in [2.75, 3.05) is 21.3 Å². The van der Waals surface area contributed by atoms with Gasteiger partial charge >= 0.3 is 5.97 Å². The molecule has 0 saturated heterocycles.